The molecule has 1 atom stereocenters. The lowest BCUT2D eigenvalue weighted by molar-refractivity contribution is -0.132. The van der Waals surface area contributed by atoms with Crippen LogP contribution in [0, 0.1) is 0 Å². The molecule has 0 bridgehead atoms. The Morgan fingerprint density at radius 2 is 1.74 bits per heavy atom. The van der Waals surface area contributed by atoms with E-state index < -0.39 is 0 Å². The van der Waals surface area contributed by atoms with E-state index in [-0.39, 0.29) is 30.3 Å². The maximum absolute atomic E-state index is 12.1. The summed E-state index contributed by atoms with van der Waals surface area (Å²) >= 11 is 0. The van der Waals surface area contributed by atoms with E-state index in [1.165, 1.54) is 0 Å². The molecule has 1 fully saturated rings. The fourth-order valence-electron chi connectivity index (χ4n) is 2.50. The van der Waals surface area contributed by atoms with Gasteiger partial charge in [0.15, 0.2) is 0 Å². The number of nitrogens with zero attached hydrogens (tertiary/aromatic N) is 2. The molecule has 7 nitrogen and oxygen atoms in total. The van der Waals surface area contributed by atoms with Crippen LogP contribution in [0.5, 0.6) is 0 Å². The molecular formula is C16H22N4O3. The number of nitrogens with two attached hydrogens (primary N) is 1. The van der Waals surface area contributed by atoms with Gasteiger partial charge in [0.1, 0.15) is 0 Å². The molecule has 1 saturated heterocycles. The van der Waals surface area contributed by atoms with Gasteiger partial charge >= 0.3 is 0 Å². The third-order valence-electron chi connectivity index (χ3n) is 4.06. The predicted octanol–water partition coefficient (Wildman–Crippen LogP) is -0.566. The molecular weight excluding hydrogens is 296 g/mol. The van der Waals surface area contributed by atoms with Crippen molar-refractivity contribution in [3.63, 3.8) is 0 Å². The molecule has 1 heterocycles. The first-order valence-corrected chi connectivity index (χ1v) is 7.63. The predicted molar refractivity (Wildman–Crippen MR) is 85.6 cm³/mol. The molecule has 1 aromatic carbocycles. The highest BCUT2D eigenvalue weighted by Gasteiger charge is 2.26. The van der Waals surface area contributed by atoms with Crippen LogP contribution >= 0.6 is 0 Å². The number of carbonyl (C=O) groups excluding carboxylic acids is 3. The Hall–Kier alpha value is -2.41. The third-order valence-corrected chi connectivity index (χ3v) is 4.06. The zero-order valence-corrected chi connectivity index (χ0v) is 13.2. The van der Waals surface area contributed by atoms with Crippen LogP contribution in [-0.4, -0.2) is 66.3 Å². The number of rotatable bonds is 5. The summed E-state index contributed by atoms with van der Waals surface area (Å²) in [5, 5.41) is 2.63. The Morgan fingerprint density at radius 1 is 1.13 bits per heavy atom. The van der Waals surface area contributed by atoms with Crippen molar-refractivity contribution in [2.45, 2.75) is 13.0 Å². The van der Waals surface area contributed by atoms with Gasteiger partial charge < -0.3 is 16.0 Å². The van der Waals surface area contributed by atoms with Gasteiger partial charge in [-0.05, 0) is 19.1 Å². The minimum Gasteiger partial charge on any atom is -0.368 e. The summed E-state index contributed by atoms with van der Waals surface area (Å²) in [6.07, 6.45) is 0. The molecule has 1 aliphatic heterocycles. The molecule has 0 aromatic heterocycles. The van der Waals surface area contributed by atoms with Crippen LogP contribution in [0.25, 0.3) is 0 Å². The van der Waals surface area contributed by atoms with Gasteiger partial charge in [-0.2, -0.15) is 0 Å². The van der Waals surface area contributed by atoms with Crippen molar-refractivity contribution in [3.05, 3.63) is 35.9 Å². The SMILES string of the molecule is CC(C(N)=O)N1CCN(C(=O)CNC(=O)c2ccccc2)CC1. The normalized spacial score (nSPS) is 16.7. The van der Waals surface area contributed by atoms with Gasteiger partial charge in [-0.3, -0.25) is 19.3 Å². The molecule has 0 aliphatic carbocycles. The number of carbonyl (C=O) groups is 3. The second kappa shape index (κ2) is 7.73. The molecule has 23 heavy (non-hydrogen) atoms. The standard InChI is InChI=1S/C16H22N4O3/c1-12(15(17)22)19-7-9-20(10-8-19)14(21)11-18-16(23)13-5-3-2-4-6-13/h2-6,12H,7-11H2,1H3,(H2,17,22)(H,18,23). The largest absolute Gasteiger partial charge is 0.368 e. The van der Waals surface area contributed by atoms with E-state index >= 15 is 0 Å². The molecule has 3 amide bonds. The van der Waals surface area contributed by atoms with Crippen LogP contribution in [-0.2, 0) is 9.59 Å². The number of amides is 3. The van der Waals surface area contributed by atoms with Gasteiger partial charge in [-0.25, -0.2) is 0 Å². The van der Waals surface area contributed by atoms with E-state index in [4.69, 9.17) is 5.73 Å². The van der Waals surface area contributed by atoms with Crippen molar-refractivity contribution >= 4 is 17.7 Å². The van der Waals surface area contributed by atoms with Crippen LogP contribution < -0.4 is 11.1 Å². The zero-order valence-electron chi connectivity index (χ0n) is 13.2. The van der Waals surface area contributed by atoms with Crippen LogP contribution in [0.4, 0.5) is 0 Å². The number of piperazine rings is 1. The van der Waals surface area contributed by atoms with Crippen LogP contribution in [0.15, 0.2) is 30.3 Å². The topological polar surface area (TPSA) is 95.7 Å². The zero-order chi connectivity index (χ0) is 16.8. The summed E-state index contributed by atoms with van der Waals surface area (Å²) in [6, 6.07) is 8.44. The fraction of sp³-hybridized carbons (Fsp3) is 0.438. The molecule has 2 rings (SSSR count). The van der Waals surface area contributed by atoms with Gasteiger partial charge in [-0.15, -0.1) is 0 Å². The van der Waals surface area contributed by atoms with Crippen molar-refractivity contribution in [2.24, 2.45) is 5.73 Å². The first kappa shape index (κ1) is 17.0. The molecule has 124 valence electrons. The van der Waals surface area contributed by atoms with Gasteiger partial charge in [0.2, 0.25) is 11.8 Å². The summed E-state index contributed by atoms with van der Waals surface area (Å²) in [7, 11) is 0. The minimum atomic E-state index is -0.361. The Morgan fingerprint density at radius 3 is 2.30 bits per heavy atom. The van der Waals surface area contributed by atoms with Crippen molar-refractivity contribution in [3.8, 4) is 0 Å². The van der Waals surface area contributed by atoms with Crippen LogP contribution in [0.3, 0.4) is 0 Å². The first-order chi connectivity index (χ1) is 11.0. The van der Waals surface area contributed by atoms with E-state index in [2.05, 4.69) is 5.32 Å². The Balaban J connectivity index is 1.77. The minimum absolute atomic E-state index is 0.0287. The van der Waals surface area contributed by atoms with Gasteiger partial charge in [0.05, 0.1) is 12.6 Å². The Kier molecular flexibility index (Phi) is 5.70. The third kappa shape index (κ3) is 4.53. The van der Waals surface area contributed by atoms with E-state index in [1.54, 1.807) is 36.1 Å². The summed E-state index contributed by atoms with van der Waals surface area (Å²) < 4.78 is 0. The van der Waals surface area contributed by atoms with Crippen molar-refractivity contribution in [2.75, 3.05) is 32.7 Å². The molecule has 3 N–H and O–H groups in total. The first-order valence-electron chi connectivity index (χ1n) is 7.63. The molecule has 0 spiro atoms. The molecule has 1 aromatic rings. The highest BCUT2D eigenvalue weighted by molar-refractivity contribution is 5.96. The average Bonchev–Trinajstić information content (AvgIpc) is 2.59. The van der Waals surface area contributed by atoms with E-state index in [0.29, 0.717) is 31.7 Å². The molecule has 1 unspecified atom stereocenters. The maximum atomic E-state index is 12.1. The monoisotopic (exact) mass is 318 g/mol. The maximum Gasteiger partial charge on any atom is 0.251 e. The van der Waals surface area contributed by atoms with Crippen molar-refractivity contribution in [1.29, 1.82) is 0 Å². The molecule has 7 heteroatoms. The number of benzene rings is 1. The smallest absolute Gasteiger partial charge is 0.251 e. The number of hydrogen-bond acceptors (Lipinski definition) is 4. The fourth-order valence-corrected chi connectivity index (χ4v) is 2.50. The van der Waals surface area contributed by atoms with Gasteiger partial charge in [0.25, 0.3) is 5.91 Å². The van der Waals surface area contributed by atoms with Crippen LogP contribution in [0.1, 0.15) is 17.3 Å². The molecule has 1 aliphatic rings. The average molecular weight is 318 g/mol. The van der Waals surface area contributed by atoms with E-state index in [0.717, 1.165) is 0 Å². The number of nitrogens with one attached hydrogen (secondary N) is 1. The Labute approximate surface area is 135 Å². The molecule has 0 radical (unpaired) electrons. The van der Waals surface area contributed by atoms with E-state index in [1.807, 2.05) is 11.0 Å². The number of hydrogen-bond donors (Lipinski definition) is 2. The second-order valence-corrected chi connectivity index (χ2v) is 5.54. The van der Waals surface area contributed by atoms with Gasteiger partial charge in [0, 0.05) is 31.7 Å². The van der Waals surface area contributed by atoms with Gasteiger partial charge in [-0.1, -0.05) is 18.2 Å². The quantitative estimate of drug-likeness (QED) is 0.760. The highest BCUT2D eigenvalue weighted by atomic mass is 16.2. The van der Waals surface area contributed by atoms with E-state index in [9.17, 15) is 14.4 Å². The Bertz CT molecular complexity index is 568. The summed E-state index contributed by atoms with van der Waals surface area (Å²) in [5.74, 6) is -0.750. The van der Waals surface area contributed by atoms with Crippen molar-refractivity contribution < 1.29 is 14.4 Å². The molecule has 0 saturated carbocycles. The lowest BCUT2D eigenvalue weighted by Crippen LogP contribution is -2.55. The highest BCUT2D eigenvalue weighted by Crippen LogP contribution is 2.06. The van der Waals surface area contributed by atoms with Crippen molar-refractivity contribution in [1.82, 2.24) is 15.1 Å². The lowest BCUT2D eigenvalue weighted by Gasteiger charge is -2.36. The lowest BCUT2D eigenvalue weighted by atomic mass is 10.2. The second-order valence-electron chi connectivity index (χ2n) is 5.54. The van der Waals surface area contributed by atoms with Crippen LogP contribution in [0.2, 0.25) is 0 Å². The number of primary amides is 1. The summed E-state index contributed by atoms with van der Waals surface area (Å²) in [6.45, 7) is 3.99. The summed E-state index contributed by atoms with van der Waals surface area (Å²) in [5.41, 5.74) is 5.82. The summed E-state index contributed by atoms with van der Waals surface area (Å²) in [4.78, 5) is 38.9.